The van der Waals surface area contributed by atoms with Gasteiger partial charge in [0.15, 0.2) is 4.96 Å². The van der Waals surface area contributed by atoms with E-state index >= 15 is 0 Å². The van der Waals surface area contributed by atoms with Crippen LogP contribution in [0.5, 0.6) is 5.75 Å². The molecular formula is C23H18N4O2S2. The van der Waals surface area contributed by atoms with Crippen molar-refractivity contribution in [3.8, 4) is 27.6 Å². The lowest BCUT2D eigenvalue weighted by Gasteiger charge is -2.05. The van der Waals surface area contributed by atoms with Crippen molar-refractivity contribution < 1.29 is 9.53 Å². The Labute approximate surface area is 186 Å². The molecule has 0 aliphatic heterocycles. The first-order chi connectivity index (χ1) is 15.2. The van der Waals surface area contributed by atoms with E-state index in [9.17, 15) is 4.79 Å². The molecule has 1 N–H and O–H groups in total. The first kappa shape index (κ1) is 19.5. The number of amides is 1. The number of hydrogen-bond acceptors (Lipinski definition) is 6. The van der Waals surface area contributed by atoms with Gasteiger partial charge in [0.1, 0.15) is 10.8 Å². The third kappa shape index (κ3) is 4.21. The molecule has 1 amide bonds. The summed E-state index contributed by atoms with van der Waals surface area (Å²) in [5.41, 5.74) is 4.44. The molecule has 0 aliphatic carbocycles. The predicted octanol–water partition coefficient (Wildman–Crippen LogP) is 5.38. The molecule has 0 unspecified atom stereocenters. The summed E-state index contributed by atoms with van der Waals surface area (Å²) in [6.45, 7) is 0. The summed E-state index contributed by atoms with van der Waals surface area (Å²) in [4.78, 5) is 22.6. The number of carbonyl (C=O) groups is 1. The second kappa shape index (κ2) is 8.33. The molecule has 0 bridgehead atoms. The molecule has 3 aromatic heterocycles. The van der Waals surface area contributed by atoms with Crippen LogP contribution >= 0.6 is 22.7 Å². The number of aromatic nitrogens is 3. The van der Waals surface area contributed by atoms with E-state index in [2.05, 4.69) is 15.3 Å². The highest BCUT2D eigenvalue weighted by Crippen LogP contribution is 2.26. The molecule has 0 atom stereocenters. The van der Waals surface area contributed by atoms with Gasteiger partial charge in [0.2, 0.25) is 5.91 Å². The van der Waals surface area contributed by atoms with Crippen molar-refractivity contribution in [2.24, 2.45) is 0 Å². The molecule has 154 valence electrons. The molecule has 0 saturated heterocycles. The Bertz CT molecular complexity index is 1310. The summed E-state index contributed by atoms with van der Waals surface area (Å²) in [5, 5.41) is 7.75. The summed E-state index contributed by atoms with van der Waals surface area (Å²) in [7, 11) is 1.64. The van der Waals surface area contributed by atoms with Crippen molar-refractivity contribution in [1.29, 1.82) is 0 Å². The van der Waals surface area contributed by atoms with Crippen molar-refractivity contribution in [3.63, 3.8) is 0 Å². The first-order valence-electron chi connectivity index (χ1n) is 9.59. The fourth-order valence-corrected chi connectivity index (χ4v) is 4.74. The first-order valence-corrected chi connectivity index (χ1v) is 11.4. The quantitative estimate of drug-likeness (QED) is 0.380. The number of hydrogen-bond donors (Lipinski definition) is 1. The maximum Gasteiger partial charge on any atom is 0.230 e. The molecule has 31 heavy (non-hydrogen) atoms. The summed E-state index contributed by atoms with van der Waals surface area (Å²) in [6, 6.07) is 15.5. The normalized spacial score (nSPS) is 11.0. The lowest BCUT2D eigenvalue weighted by atomic mass is 10.1. The highest BCUT2D eigenvalue weighted by molar-refractivity contribution is 7.15. The molecule has 0 saturated carbocycles. The molecule has 0 spiro atoms. The number of anilines is 1. The van der Waals surface area contributed by atoms with Crippen molar-refractivity contribution in [2.45, 2.75) is 6.42 Å². The lowest BCUT2D eigenvalue weighted by Crippen LogP contribution is -2.14. The van der Waals surface area contributed by atoms with Crippen molar-refractivity contribution in [2.75, 3.05) is 12.4 Å². The fourth-order valence-electron chi connectivity index (χ4n) is 3.21. The second-order valence-corrected chi connectivity index (χ2v) is 8.62. The molecule has 2 aromatic carbocycles. The zero-order valence-electron chi connectivity index (χ0n) is 16.6. The Kier molecular flexibility index (Phi) is 5.23. The highest BCUT2D eigenvalue weighted by atomic mass is 32.1. The summed E-state index contributed by atoms with van der Waals surface area (Å²) < 4.78 is 7.19. The Morgan fingerprint density at radius 3 is 2.55 bits per heavy atom. The van der Waals surface area contributed by atoms with Crippen LogP contribution in [0.15, 0.2) is 71.7 Å². The summed E-state index contributed by atoms with van der Waals surface area (Å²) in [5.74, 6) is 0.709. The van der Waals surface area contributed by atoms with Gasteiger partial charge in [-0.3, -0.25) is 9.20 Å². The molecule has 5 rings (SSSR count). The second-order valence-electron chi connectivity index (χ2n) is 6.89. The number of nitrogens with zero attached hydrogens (tertiary/aromatic N) is 3. The van der Waals surface area contributed by atoms with Crippen molar-refractivity contribution in [1.82, 2.24) is 14.4 Å². The Morgan fingerprint density at radius 2 is 1.81 bits per heavy atom. The Morgan fingerprint density at radius 1 is 1.03 bits per heavy atom. The number of fused-ring (bicyclic) bond motifs is 1. The van der Waals surface area contributed by atoms with Crippen LogP contribution in [-0.4, -0.2) is 27.4 Å². The van der Waals surface area contributed by atoms with Gasteiger partial charge in [-0.2, -0.15) is 0 Å². The number of imidazole rings is 1. The maximum atomic E-state index is 12.5. The largest absolute Gasteiger partial charge is 0.497 e. The molecule has 0 fully saturated rings. The molecular weight excluding hydrogens is 428 g/mol. The lowest BCUT2D eigenvalue weighted by molar-refractivity contribution is -0.115. The van der Waals surface area contributed by atoms with E-state index in [0.29, 0.717) is 0 Å². The van der Waals surface area contributed by atoms with E-state index < -0.39 is 0 Å². The molecule has 6 nitrogen and oxygen atoms in total. The topological polar surface area (TPSA) is 68.5 Å². The zero-order valence-corrected chi connectivity index (χ0v) is 18.2. The van der Waals surface area contributed by atoms with E-state index in [4.69, 9.17) is 4.74 Å². The van der Waals surface area contributed by atoms with Crippen molar-refractivity contribution in [3.05, 3.63) is 77.4 Å². The monoisotopic (exact) mass is 446 g/mol. The van der Waals surface area contributed by atoms with Gasteiger partial charge in [-0.15, -0.1) is 22.7 Å². The maximum absolute atomic E-state index is 12.5. The van der Waals surface area contributed by atoms with E-state index in [1.54, 1.807) is 18.4 Å². The molecule has 0 aliphatic rings. The Balaban J connectivity index is 1.22. The number of ether oxygens (including phenoxy) is 1. The zero-order chi connectivity index (χ0) is 21.2. The van der Waals surface area contributed by atoms with Gasteiger partial charge in [-0.05, 0) is 36.4 Å². The average Bonchev–Trinajstić information content (AvgIpc) is 3.51. The van der Waals surface area contributed by atoms with E-state index in [-0.39, 0.29) is 12.3 Å². The number of nitrogens with one attached hydrogen (secondary N) is 1. The van der Waals surface area contributed by atoms with Crippen LogP contribution in [0.25, 0.3) is 26.8 Å². The minimum absolute atomic E-state index is 0.0955. The number of benzene rings is 2. The minimum atomic E-state index is -0.0955. The SMILES string of the molecule is COc1ccc(-c2nc(CC(=O)Nc3ccc(-c4cn5ccsc5n4)cc3)cs2)cc1. The van der Waals surface area contributed by atoms with Gasteiger partial charge in [0.05, 0.1) is 24.9 Å². The minimum Gasteiger partial charge on any atom is -0.497 e. The van der Waals surface area contributed by atoms with Gasteiger partial charge in [0, 0.05) is 40.0 Å². The fraction of sp³-hybridized carbons (Fsp3) is 0.0870. The van der Waals surface area contributed by atoms with E-state index in [0.717, 1.165) is 43.9 Å². The number of carbonyl (C=O) groups excluding carboxylic acids is 1. The van der Waals surface area contributed by atoms with Crippen LogP contribution in [0, 0.1) is 0 Å². The van der Waals surface area contributed by atoms with E-state index in [1.165, 1.54) is 11.3 Å². The summed E-state index contributed by atoms with van der Waals surface area (Å²) in [6.07, 6.45) is 4.22. The van der Waals surface area contributed by atoms with Gasteiger partial charge in [-0.25, -0.2) is 9.97 Å². The standard InChI is InChI=1S/C23H18N4O2S2/c1-29-19-8-4-16(5-9-19)22-25-18(14-31-22)12-21(28)24-17-6-2-15(3-7-17)20-13-27-10-11-30-23(27)26-20/h2-11,13-14H,12H2,1H3,(H,24,28). The third-order valence-corrected chi connectivity index (χ3v) is 6.50. The van der Waals surface area contributed by atoms with Crippen LogP contribution in [0.1, 0.15) is 5.69 Å². The van der Waals surface area contributed by atoms with E-state index in [1.807, 2.05) is 76.1 Å². The van der Waals surface area contributed by atoms with Crippen LogP contribution in [0.4, 0.5) is 5.69 Å². The molecule has 8 heteroatoms. The Hall–Kier alpha value is -3.49. The van der Waals surface area contributed by atoms with Crippen LogP contribution < -0.4 is 10.1 Å². The van der Waals surface area contributed by atoms with Crippen LogP contribution in [-0.2, 0) is 11.2 Å². The van der Waals surface area contributed by atoms with Gasteiger partial charge in [-0.1, -0.05) is 12.1 Å². The average molecular weight is 447 g/mol. The van der Waals surface area contributed by atoms with Gasteiger partial charge in [0.25, 0.3) is 0 Å². The molecule has 5 aromatic rings. The predicted molar refractivity (Wildman–Crippen MR) is 125 cm³/mol. The number of methoxy groups -OCH3 is 1. The third-order valence-electron chi connectivity index (χ3n) is 4.79. The van der Waals surface area contributed by atoms with Crippen LogP contribution in [0.2, 0.25) is 0 Å². The smallest absolute Gasteiger partial charge is 0.230 e. The van der Waals surface area contributed by atoms with Crippen LogP contribution in [0.3, 0.4) is 0 Å². The summed E-state index contributed by atoms with van der Waals surface area (Å²) >= 11 is 3.13. The number of rotatable bonds is 6. The number of thiazole rings is 2. The van der Waals surface area contributed by atoms with Crippen molar-refractivity contribution >= 4 is 39.2 Å². The molecule has 0 radical (unpaired) electrons. The molecule has 3 heterocycles. The highest BCUT2D eigenvalue weighted by Gasteiger charge is 2.11. The van der Waals surface area contributed by atoms with Gasteiger partial charge >= 0.3 is 0 Å². The van der Waals surface area contributed by atoms with Gasteiger partial charge < -0.3 is 10.1 Å².